The Labute approximate surface area is 88.8 Å². The van der Waals surface area contributed by atoms with Crippen LogP contribution in [0.5, 0.6) is 5.75 Å². The molecule has 2 rings (SSSR count). The zero-order valence-electron chi connectivity index (χ0n) is 7.41. The van der Waals surface area contributed by atoms with E-state index in [9.17, 15) is 4.79 Å². The molecule has 0 amide bonds. The van der Waals surface area contributed by atoms with Gasteiger partial charge in [0, 0.05) is 0 Å². The van der Waals surface area contributed by atoms with Gasteiger partial charge in [-0.3, -0.25) is 4.79 Å². The summed E-state index contributed by atoms with van der Waals surface area (Å²) in [5.41, 5.74) is 1.20. The second-order valence-electron chi connectivity index (χ2n) is 2.76. The number of carbonyl (C=O) groups excluding carboxylic acids is 1. The molecule has 1 aromatic heterocycles. The molecule has 0 spiro atoms. The van der Waals surface area contributed by atoms with Crippen molar-refractivity contribution in [2.24, 2.45) is 0 Å². The molecule has 0 N–H and O–H groups in total. The maximum atomic E-state index is 10.8. The molecule has 0 bridgehead atoms. The standard InChI is InChI=1S/C10H7BrO3/c1-13-9-6(5-12)4-8(11)10-7(9)2-3-14-10/h2-5H,1H3. The van der Waals surface area contributed by atoms with E-state index in [0.717, 1.165) is 16.1 Å². The number of furan rings is 1. The van der Waals surface area contributed by atoms with Gasteiger partial charge in [-0.15, -0.1) is 0 Å². The average molecular weight is 255 g/mol. The van der Waals surface area contributed by atoms with E-state index < -0.39 is 0 Å². The largest absolute Gasteiger partial charge is 0.495 e. The summed E-state index contributed by atoms with van der Waals surface area (Å²) < 4.78 is 11.1. The SMILES string of the molecule is COc1c(C=O)cc(Br)c2occc12. The van der Waals surface area contributed by atoms with Gasteiger partial charge in [0.25, 0.3) is 0 Å². The highest BCUT2D eigenvalue weighted by atomic mass is 79.9. The number of aldehydes is 1. The normalized spacial score (nSPS) is 10.4. The van der Waals surface area contributed by atoms with Crippen LogP contribution < -0.4 is 4.74 Å². The highest BCUT2D eigenvalue weighted by Crippen LogP contribution is 2.35. The number of ether oxygens (including phenoxy) is 1. The molecule has 0 saturated heterocycles. The van der Waals surface area contributed by atoms with E-state index in [0.29, 0.717) is 16.9 Å². The lowest BCUT2D eigenvalue weighted by Crippen LogP contribution is -1.91. The molecule has 2 aromatic rings. The number of methoxy groups -OCH3 is 1. The summed E-state index contributed by atoms with van der Waals surface area (Å²) in [7, 11) is 1.53. The van der Waals surface area contributed by atoms with E-state index in [-0.39, 0.29) is 0 Å². The van der Waals surface area contributed by atoms with Crippen LogP contribution in [0, 0.1) is 0 Å². The Morgan fingerprint density at radius 3 is 3.00 bits per heavy atom. The van der Waals surface area contributed by atoms with Crippen molar-refractivity contribution in [3.63, 3.8) is 0 Å². The summed E-state index contributed by atoms with van der Waals surface area (Å²) in [6.45, 7) is 0. The van der Waals surface area contributed by atoms with Gasteiger partial charge in [-0.1, -0.05) is 0 Å². The zero-order valence-corrected chi connectivity index (χ0v) is 9.00. The lowest BCUT2D eigenvalue weighted by molar-refractivity contribution is 0.112. The third-order valence-corrected chi connectivity index (χ3v) is 2.59. The Morgan fingerprint density at radius 1 is 1.57 bits per heavy atom. The maximum absolute atomic E-state index is 10.8. The van der Waals surface area contributed by atoms with Crippen molar-refractivity contribution in [3.05, 3.63) is 28.4 Å². The van der Waals surface area contributed by atoms with Crippen LogP contribution in [0.1, 0.15) is 10.4 Å². The monoisotopic (exact) mass is 254 g/mol. The fourth-order valence-corrected chi connectivity index (χ4v) is 1.97. The number of fused-ring (bicyclic) bond motifs is 1. The molecule has 0 saturated carbocycles. The Morgan fingerprint density at radius 2 is 2.36 bits per heavy atom. The molecule has 1 aromatic carbocycles. The van der Waals surface area contributed by atoms with E-state index in [2.05, 4.69) is 15.9 Å². The highest BCUT2D eigenvalue weighted by molar-refractivity contribution is 9.10. The first-order valence-electron chi connectivity index (χ1n) is 3.96. The topological polar surface area (TPSA) is 39.4 Å². The molecule has 0 aliphatic rings. The van der Waals surface area contributed by atoms with Crippen LogP contribution in [0.4, 0.5) is 0 Å². The van der Waals surface area contributed by atoms with Gasteiger partial charge in [0.05, 0.1) is 28.8 Å². The van der Waals surface area contributed by atoms with Crippen LogP contribution in [0.25, 0.3) is 11.0 Å². The van der Waals surface area contributed by atoms with Crippen LogP contribution in [-0.2, 0) is 0 Å². The third-order valence-electron chi connectivity index (χ3n) is 2.00. The molecule has 3 nitrogen and oxygen atoms in total. The Bertz CT molecular complexity index is 487. The molecule has 0 aliphatic heterocycles. The van der Waals surface area contributed by atoms with E-state index in [1.807, 2.05) is 0 Å². The van der Waals surface area contributed by atoms with Gasteiger partial charge in [-0.05, 0) is 28.1 Å². The fourth-order valence-electron chi connectivity index (χ4n) is 1.41. The van der Waals surface area contributed by atoms with E-state index in [4.69, 9.17) is 9.15 Å². The van der Waals surface area contributed by atoms with Crippen molar-refractivity contribution < 1.29 is 13.9 Å². The third kappa shape index (κ3) is 1.23. The first-order valence-corrected chi connectivity index (χ1v) is 4.76. The number of rotatable bonds is 2. The number of hydrogen-bond acceptors (Lipinski definition) is 3. The summed E-state index contributed by atoms with van der Waals surface area (Å²) in [6.07, 6.45) is 2.32. The molecular weight excluding hydrogens is 248 g/mol. The van der Waals surface area contributed by atoms with Crippen molar-refractivity contribution in [3.8, 4) is 5.75 Å². The molecule has 1 heterocycles. The van der Waals surface area contributed by atoms with Crippen molar-refractivity contribution in [1.82, 2.24) is 0 Å². The summed E-state index contributed by atoms with van der Waals surface area (Å²) in [6, 6.07) is 3.45. The predicted molar refractivity (Wildman–Crippen MR) is 55.9 cm³/mol. The second-order valence-corrected chi connectivity index (χ2v) is 3.62. The molecule has 72 valence electrons. The minimum Gasteiger partial charge on any atom is -0.495 e. The molecule has 0 unspecified atom stereocenters. The number of hydrogen-bond donors (Lipinski definition) is 0. The minimum absolute atomic E-state index is 0.508. The summed E-state index contributed by atoms with van der Waals surface area (Å²) in [4.78, 5) is 10.8. The van der Waals surface area contributed by atoms with Gasteiger partial charge in [0.2, 0.25) is 0 Å². The lowest BCUT2D eigenvalue weighted by Gasteiger charge is -2.05. The van der Waals surface area contributed by atoms with Gasteiger partial charge in [0.1, 0.15) is 5.75 Å². The van der Waals surface area contributed by atoms with E-state index in [1.54, 1.807) is 18.4 Å². The van der Waals surface area contributed by atoms with Crippen molar-refractivity contribution in [2.45, 2.75) is 0 Å². The summed E-state index contributed by atoms with van der Waals surface area (Å²) in [5, 5.41) is 0.795. The minimum atomic E-state index is 0.508. The number of halogens is 1. The molecule has 0 atom stereocenters. The van der Waals surface area contributed by atoms with Crippen LogP contribution in [0.2, 0.25) is 0 Å². The smallest absolute Gasteiger partial charge is 0.153 e. The average Bonchev–Trinajstić information content (AvgIpc) is 2.66. The van der Waals surface area contributed by atoms with Gasteiger partial charge in [-0.25, -0.2) is 0 Å². The number of benzene rings is 1. The first kappa shape index (κ1) is 9.27. The van der Waals surface area contributed by atoms with Crippen molar-refractivity contribution >= 4 is 33.2 Å². The second kappa shape index (κ2) is 3.46. The lowest BCUT2D eigenvalue weighted by atomic mass is 10.1. The van der Waals surface area contributed by atoms with Crippen LogP contribution >= 0.6 is 15.9 Å². The zero-order chi connectivity index (χ0) is 10.1. The predicted octanol–water partition coefficient (Wildman–Crippen LogP) is 3.02. The first-order chi connectivity index (χ1) is 6.77. The molecule has 0 fully saturated rings. The van der Waals surface area contributed by atoms with Gasteiger partial charge in [-0.2, -0.15) is 0 Å². The van der Waals surface area contributed by atoms with Gasteiger partial charge >= 0.3 is 0 Å². The van der Waals surface area contributed by atoms with Crippen molar-refractivity contribution in [2.75, 3.05) is 7.11 Å². The highest BCUT2D eigenvalue weighted by Gasteiger charge is 2.13. The van der Waals surface area contributed by atoms with Crippen molar-refractivity contribution in [1.29, 1.82) is 0 Å². The molecule has 0 radical (unpaired) electrons. The van der Waals surface area contributed by atoms with Crippen LogP contribution in [0.3, 0.4) is 0 Å². The Balaban J connectivity index is 2.88. The van der Waals surface area contributed by atoms with E-state index >= 15 is 0 Å². The molecule has 14 heavy (non-hydrogen) atoms. The van der Waals surface area contributed by atoms with Crippen LogP contribution in [-0.4, -0.2) is 13.4 Å². The quantitative estimate of drug-likeness (QED) is 0.774. The summed E-state index contributed by atoms with van der Waals surface area (Å²) in [5.74, 6) is 0.548. The molecule has 4 heteroatoms. The summed E-state index contributed by atoms with van der Waals surface area (Å²) >= 11 is 3.32. The van der Waals surface area contributed by atoms with Gasteiger partial charge < -0.3 is 9.15 Å². The van der Waals surface area contributed by atoms with E-state index in [1.165, 1.54) is 7.11 Å². The Kier molecular flexibility index (Phi) is 2.29. The van der Waals surface area contributed by atoms with Crippen LogP contribution in [0.15, 0.2) is 27.3 Å². The fraction of sp³-hybridized carbons (Fsp3) is 0.100. The maximum Gasteiger partial charge on any atom is 0.153 e. The molecule has 0 aliphatic carbocycles. The Hall–Kier alpha value is -1.29. The van der Waals surface area contributed by atoms with Gasteiger partial charge in [0.15, 0.2) is 11.9 Å². The molecular formula is C10H7BrO3. The number of carbonyl (C=O) groups is 1.